The van der Waals surface area contributed by atoms with Gasteiger partial charge < -0.3 is 10.0 Å². The van der Waals surface area contributed by atoms with Gasteiger partial charge in [0.25, 0.3) is 0 Å². The van der Waals surface area contributed by atoms with Crippen molar-refractivity contribution in [1.82, 2.24) is 9.80 Å². The SMILES string of the molecule is CCC(O)CN1CCN(C(=O)CC2CCCC2)CC1. The summed E-state index contributed by atoms with van der Waals surface area (Å²) in [7, 11) is 0. The molecule has 1 aliphatic carbocycles. The second-order valence-corrected chi connectivity index (χ2v) is 6.10. The average Bonchev–Trinajstić information content (AvgIpc) is 2.92. The summed E-state index contributed by atoms with van der Waals surface area (Å²) in [6, 6.07) is 0. The van der Waals surface area contributed by atoms with Crippen LogP contribution in [-0.4, -0.2) is 59.6 Å². The van der Waals surface area contributed by atoms with E-state index in [-0.39, 0.29) is 6.10 Å². The van der Waals surface area contributed by atoms with Gasteiger partial charge in [-0.3, -0.25) is 9.69 Å². The van der Waals surface area contributed by atoms with Gasteiger partial charge in [-0.05, 0) is 25.2 Å². The normalized spacial score (nSPS) is 23.8. The molecule has 110 valence electrons. The number of hydrogen-bond acceptors (Lipinski definition) is 3. The molecular formula is C15H28N2O2. The lowest BCUT2D eigenvalue weighted by atomic mass is 10.0. The molecule has 19 heavy (non-hydrogen) atoms. The number of nitrogens with zero attached hydrogens (tertiary/aromatic N) is 2. The summed E-state index contributed by atoms with van der Waals surface area (Å²) in [5.74, 6) is 0.995. The highest BCUT2D eigenvalue weighted by atomic mass is 16.3. The van der Waals surface area contributed by atoms with Crippen molar-refractivity contribution in [2.45, 2.75) is 51.6 Å². The van der Waals surface area contributed by atoms with E-state index in [1.807, 2.05) is 11.8 Å². The van der Waals surface area contributed by atoms with Crippen LogP contribution >= 0.6 is 0 Å². The van der Waals surface area contributed by atoms with Crippen LogP contribution in [0.3, 0.4) is 0 Å². The highest BCUT2D eigenvalue weighted by Gasteiger charge is 2.25. The molecule has 4 nitrogen and oxygen atoms in total. The van der Waals surface area contributed by atoms with E-state index in [0.717, 1.165) is 45.6 Å². The predicted molar refractivity (Wildman–Crippen MR) is 75.9 cm³/mol. The molecule has 0 radical (unpaired) electrons. The number of amides is 1. The number of carbonyl (C=O) groups is 1. The molecule has 4 heteroatoms. The second kappa shape index (κ2) is 7.25. The van der Waals surface area contributed by atoms with E-state index in [0.29, 0.717) is 11.8 Å². The molecule has 1 atom stereocenters. The smallest absolute Gasteiger partial charge is 0.222 e. The molecular weight excluding hydrogens is 240 g/mol. The Morgan fingerprint density at radius 2 is 1.84 bits per heavy atom. The third-order valence-electron chi connectivity index (χ3n) is 4.60. The third kappa shape index (κ3) is 4.46. The molecule has 1 saturated heterocycles. The Kier molecular flexibility index (Phi) is 5.64. The quantitative estimate of drug-likeness (QED) is 0.821. The van der Waals surface area contributed by atoms with Crippen molar-refractivity contribution in [1.29, 1.82) is 0 Å². The number of hydrogen-bond donors (Lipinski definition) is 1. The number of aliphatic hydroxyl groups excluding tert-OH is 1. The minimum absolute atomic E-state index is 0.222. The molecule has 1 N–H and O–H groups in total. The summed E-state index contributed by atoms with van der Waals surface area (Å²) >= 11 is 0. The van der Waals surface area contributed by atoms with Gasteiger partial charge in [0.1, 0.15) is 0 Å². The lowest BCUT2D eigenvalue weighted by Crippen LogP contribution is -2.50. The van der Waals surface area contributed by atoms with Crippen LogP contribution in [0.2, 0.25) is 0 Å². The number of β-amino-alcohol motifs (C(OH)–C–C–N with tert-alkyl or cyclic N) is 1. The Balaban J connectivity index is 1.68. The zero-order valence-corrected chi connectivity index (χ0v) is 12.2. The first kappa shape index (κ1) is 14.8. The Hall–Kier alpha value is -0.610. The Morgan fingerprint density at radius 3 is 2.42 bits per heavy atom. The lowest BCUT2D eigenvalue weighted by molar-refractivity contribution is -0.134. The van der Waals surface area contributed by atoms with Gasteiger partial charge in [-0.15, -0.1) is 0 Å². The molecule has 1 heterocycles. The van der Waals surface area contributed by atoms with Gasteiger partial charge in [0, 0.05) is 39.1 Å². The maximum absolute atomic E-state index is 12.2. The summed E-state index contributed by atoms with van der Waals surface area (Å²) < 4.78 is 0. The molecule has 1 aliphatic heterocycles. The van der Waals surface area contributed by atoms with Gasteiger partial charge in [-0.25, -0.2) is 0 Å². The summed E-state index contributed by atoms with van der Waals surface area (Å²) in [5.41, 5.74) is 0. The fourth-order valence-corrected chi connectivity index (χ4v) is 3.20. The minimum Gasteiger partial charge on any atom is -0.392 e. The molecule has 2 fully saturated rings. The first-order valence-corrected chi connectivity index (χ1v) is 7.87. The second-order valence-electron chi connectivity index (χ2n) is 6.10. The zero-order chi connectivity index (χ0) is 13.7. The van der Waals surface area contributed by atoms with E-state index in [1.54, 1.807) is 0 Å². The number of aliphatic hydroxyl groups is 1. The van der Waals surface area contributed by atoms with Crippen molar-refractivity contribution >= 4 is 5.91 Å². The van der Waals surface area contributed by atoms with E-state index in [1.165, 1.54) is 25.7 Å². The van der Waals surface area contributed by atoms with Crippen LogP contribution in [0.1, 0.15) is 45.4 Å². The minimum atomic E-state index is -0.222. The van der Waals surface area contributed by atoms with Gasteiger partial charge in [0.05, 0.1) is 6.10 Å². The molecule has 0 aromatic carbocycles. The highest BCUT2D eigenvalue weighted by molar-refractivity contribution is 5.76. The Labute approximate surface area is 116 Å². The van der Waals surface area contributed by atoms with Crippen molar-refractivity contribution < 1.29 is 9.90 Å². The summed E-state index contributed by atoms with van der Waals surface area (Å²) in [6.45, 7) is 6.25. The van der Waals surface area contributed by atoms with Gasteiger partial charge >= 0.3 is 0 Å². The topological polar surface area (TPSA) is 43.8 Å². The number of carbonyl (C=O) groups excluding carboxylic acids is 1. The van der Waals surface area contributed by atoms with Gasteiger partial charge in [-0.1, -0.05) is 19.8 Å². The van der Waals surface area contributed by atoms with Crippen LogP contribution in [0.25, 0.3) is 0 Å². The highest BCUT2D eigenvalue weighted by Crippen LogP contribution is 2.28. The van der Waals surface area contributed by atoms with Gasteiger partial charge in [0.15, 0.2) is 0 Å². The Bertz CT molecular complexity index is 282. The molecule has 2 aliphatic rings. The molecule has 2 rings (SSSR count). The standard InChI is InChI=1S/C15H28N2O2/c1-2-14(18)12-16-7-9-17(10-8-16)15(19)11-13-5-3-4-6-13/h13-14,18H,2-12H2,1H3. The first-order valence-electron chi connectivity index (χ1n) is 7.87. The van der Waals surface area contributed by atoms with Crippen LogP contribution in [-0.2, 0) is 4.79 Å². The summed E-state index contributed by atoms with van der Waals surface area (Å²) in [4.78, 5) is 16.5. The van der Waals surface area contributed by atoms with Crippen LogP contribution in [0.15, 0.2) is 0 Å². The van der Waals surface area contributed by atoms with Crippen LogP contribution in [0, 0.1) is 5.92 Å². The Morgan fingerprint density at radius 1 is 1.21 bits per heavy atom. The van der Waals surface area contributed by atoms with E-state index in [2.05, 4.69) is 4.90 Å². The van der Waals surface area contributed by atoms with E-state index in [4.69, 9.17) is 0 Å². The van der Waals surface area contributed by atoms with Crippen molar-refractivity contribution in [3.05, 3.63) is 0 Å². The summed E-state index contributed by atoms with van der Waals surface area (Å²) in [5, 5.41) is 9.65. The largest absolute Gasteiger partial charge is 0.392 e. The molecule has 1 amide bonds. The molecule has 0 aromatic heterocycles. The summed E-state index contributed by atoms with van der Waals surface area (Å²) in [6.07, 6.45) is 6.45. The van der Waals surface area contributed by atoms with Gasteiger partial charge in [-0.2, -0.15) is 0 Å². The fraction of sp³-hybridized carbons (Fsp3) is 0.933. The molecule has 0 spiro atoms. The molecule has 1 saturated carbocycles. The molecule has 0 aromatic rings. The van der Waals surface area contributed by atoms with Crippen molar-refractivity contribution in [3.63, 3.8) is 0 Å². The molecule has 1 unspecified atom stereocenters. The van der Waals surface area contributed by atoms with Crippen molar-refractivity contribution in [3.8, 4) is 0 Å². The maximum Gasteiger partial charge on any atom is 0.222 e. The van der Waals surface area contributed by atoms with E-state index < -0.39 is 0 Å². The van der Waals surface area contributed by atoms with E-state index >= 15 is 0 Å². The fourth-order valence-electron chi connectivity index (χ4n) is 3.20. The van der Waals surface area contributed by atoms with Crippen LogP contribution < -0.4 is 0 Å². The zero-order valence-electron chi connectivity index (χ0n) is 12.2. The van der Waals surface area contributed by atoms with E-state index in [9.17, 15) is 9.90 Å². The third-order valence-corrected chi connectivity index (χ3v) is 4.60. The van der Waals surface area contributed by atoms with Crippen LogP contribution in [0.5, 0.6) is 0 Å². The monoisotopic (exact) mass is 268 g/mol. The van der Waals surface area contributed by atoms with Crippen molar-refractivity contribution in [2.24, 2.45) is 5.92 Å². The maximum atomic E-state index is 12.2. The lowest BCUT2D eigenvalue weighted by Gasteiger charge is -2.36. The average molecular weight is 268 g/mol. The van der Waals surface area contributed by atoms with Crippen LogP contribution in [0.4, 0.5) is 0 Å². The predicted octanol–water partition coefficient (Wildman–Crippen LogP) is 1.48. The number of piperazine rings is 1. The number of rotatable bonds is 5. The first-order chi connectivity index (χ1) is 9.19. The molecule has 0 bridgehead atoms. The van der Waals surface area contributed by atoms with Crippen molar-refractivity contribution in [2.75, 3.05) is 32.7 Å². The van der Waals surface area contributed by atoms with Gasteiger partial charge in [0.2, 0.25) is 5.91 Å².